The van der Waals surface area contributed by atoms with Crippen molar-refractivity contribution in [1.82, 2.24) is 0 Å². The lowest BCUT2D eigenvalue weighted by Crippen LogP contribution is -2.28. The Morgan fingerprint density at radius 3 is 0.915 bits per heavy atom. The van der Waals surface area contributed by atoms with Gasteiger partial charge in [-0.15, -0.1) is 0 Å². The molecule has 0 saturated heterocycles. The Hall–Kier alpha value is -10.4. The van der Waals surface area contributed by atoms with E-state index in [2.05, 4.69) is 266 Å². The molecule has 0 aromatic heterocycles. The van der Waals surface area contributed by atoms with Crippen molar-refractivity contribution in [2.24, 2.45) is 0 Å². The number of anilines is 6. The first kappa shape index (κ1) is 49.8. The summed E-state index contributed by atoms with van der Waals surface area (Å²) in [6, 6.07) is 101. The molecule has 0 amide bonds. The molecule has 0 spiro atoms. The Morgan fingerprint density at radius 2 is 0.561 bits per heavy atom. The lowest BCUT2D eigenvalue weighted by Gasteiger charge is -2.35. The lowest BCUT2D eigenvalue weighted by atomic mass is 9.67. The van der Waals surface area contributed by atoms with Crippen LogP contribution in [0.4, 0.5) is 42.9 Å². The minimum Gasteiger partial charge on any atom is -0.310 e. The van der Waals surface area contributed by atoms with Crippen LogP contribution in [-0.4, -0.2) is 0 Å². The third-order valence-corrected chi connectivity index (χ3v) is 16.9. The van der Waals surface area contributed by atoms with Crippen LogP contribution in [0.3, 0.4) is 0 Å². The molecule has 0 heterocycles. The molecule has 82 heavy (non-hydrogen) atoms. The zero-order valence-corrected chi connectivity index (χ0v) is 44.9. The highest BCUT2D eigenvalue weighted by molar-refractivity contribution is 5.92. The van der Waals surface area contributed by atoms with E-state index in [1.807, 2.05) is 36.4 Å². The highest BCUT2D eigenvalue weighted by Crippen LogP contribution is 2.59. The van der Waals surface area contributed by atoms with Crippen LogP contribution in [0.25, 0.3) is 45.5 Å². The fourth-order valence-corrected chi connectivity index (χ4v) is 13.2. The van der Waals surface area contributed by atoms with Gasteiger partial charge >= 0.3 is 0 Å². The molecular weight excluding hydrogens is 1000 g/mol. The van der Waals surface area contributed by atoms with Crippen molar-refractivity contribution in [3.63, 3.8) is 0 Å². The number of benzene rings is 12. The highest BCUT2D eigenvalue weighted by Gasteiger charge is 2.48. The van der Waals surface area contributed by atoms with Crippen molar-refractivity contribution in [2.45, 2.75) is 10.8 Å². The largest absolute Gasteiger partial charge is 0.310 e. The summed E-state index contributed by atoms with van der Waals surface area (Å²) < 4.78 is 29.6. The fraction of sp³-hybridized carbons (Fsp3) is 0.0256. The van der Waals surface area contributed by atoms with E-state index in [4.69, 9.17) is 0 Å². The van der Waals surface area contributed by atoms with Crippen LogP contribution in [0.5, 0.6) is 0 Å². The second kappa shape index (κ2) is 20.4. The van der Waals surface area contributed by atoms with Gasteiger partial charge in [0.05, 0.1) is 10.8 Å². The minimum atomic E-state index is -0.628. The first-order valence-electron chi connectivity index (χ1n) is 27.7. The average Bonchev–Trinajstić information content (AvgIpc) is 2.31. The van der Waals surface area contributed by atoms with Gasteiger partial charge < -0.3 is 9.80 Å². The fourth-order valence-electron chi connectivity index (χ4n) is 13.2. The summed E-state index contributed by atoms with van der Waals surface area (Å²) >= 11 is 0. The van der Waals surface area contributed by atoms with E-state index < -0.39 is 10.8 Å². The second-order valence-electron chi connectivity index (χ2n) is 21.2. The maximum atomic E-state index is 14.8. The van der Waals surface area contributed by atoms with Crippen LogP contribution in [0, 0.1) is 11.6 Å². The number of halogens is 2. The molecule has 0 aliphatic heterocycles. The molecule has 0 radical (unpaired) electrons. The first-order valence-corrected chi connectivity index (χ1v) is 27.7. The van der Waals surface area contributed by atoms with Gasteiger partial charge in [0.2, 0.25) is 0 Å². The van der Waals surface area contributed by atoms with Gasteiger partial charge in [0, 0.05) is 34.1 Å². The molecule has 2 unspecified atom stereocenters. The van der Waals surface area contributed by atoms with E-state index in [9.17, 15) is 8.78 Å². The second-order valence-corrected chi connectivity index (χ2v) is 21.2. The van der Waals surface area contributed by atoms with Gasteiger partial charge in [-0.3, -0.25) is 0 Å². The van der Waals surface area contributed by atoms with Crippen molar-refractivity contribution in [3.05, 3.63) is 372 Å². The summed E-state index contributed by atoms with van der Waals surface area (Å²) in [5.74, 6) is -0.597. The van der Waals surface area contributed by atoms with Crippen molar-refractivity contribution in [1.29, 1.82) is 0 Å². The third-order valence-electron chi connectivity index (χ3n) is 16.9. The molecule has 2 nitrogen and oxygen atoms in total. The summed E-state index contributed by atoms with van der Waals surface area (Å²) in [6.07, 6.45) is 3.77. The number of hydrogen-bond acceptors (Lipinski definition) is 2. The van der Waals surface area contributed by atoms with Crippen LogP contribution in [0.2, 0.25) is 0 Å². The summed E-state index contributed by atoms with van der Waals surface area (Å²) in [5.41, 5.74) is 22.5. The average molecular weight is 1060 g/mol. The SMILES string of the molecule is C=Cc1ccc(C2(c3ccccc3)c3ccccc3-c3ccc(N(c4ccc(F)cc4)c4ccc(-c5ccc(N(c6ccc(F)cc6)c6ccc7c(c6)C(c6ccccc6)(c6ccc(C=C)cc6)c6ccccc6-7)cc5)cc4)cc32)cc1. The quantitative estimate of drug-likeness (QED) is 0.114. The van der Waals surface area contributed by atoms with E-state index in [1.165, 1.54) is 79.9 Å². The van der Waals surface area contributed by atoms with Gasteiger partial charge in [-0.1, -0.05) is 219 Å². The predicted octanol–water partition coefficient (Wildman–Crippen LogP) is 20.6. The summed E-state index contributed by atoms with van der Waals surface area (Å²) in [4.78, 5) is 4.43. The van der Waals surface area contributed by atoms with E-state index in [1.54, 1.807) is 0 Å². The van der Waals surface area contributed by atoms with Gasteiger partial charge in [0.25, 0.3) is 0 Å². The van der Waals surface area contributed by atoms with Crippen molar-refractivity contribution in [2.75, 3.05) is 9.80 Å². The summed E-state index contributed by atoms with van der Waals surface area (Å²) in [7, 11) is 0. The molecule has 12 aromatic rings. The maximum absolute atomic E-state index is 14.8. The Labute approximate surface area is 478 Å². The third kappa shape index (κ3) is 8.05. The van der Waals surface area contributed by atoms with Crippen molar-refractivity contribution < 1.29 is 8.78 Å². The smallest absolute Gasteiger partial charge is 0.123 e. The molecule has 0 saturated carbocycles. The predicted molar refractivity (Wildman–Crippen MR) is 336 cm³/mol. The molecule has 0 N–H and O–H groups in total. The highest BCUT2D eigenvalue weighted by atomic mass is 19.1. The topological polar surface area (TPSA) is 6.48 Å². The Balaban J connectivity index is 0.856. The van der Waals surface area contributed by atoms with E-state index >= 15 is 0 Å². The Bertz CT molecular complexity index is 4060. The maximum Gasteiger partial charge on any atom is 0.123 e. The summed E-state index contributed by atoms with van der Waals surface area (Å²) in [6.45, 7) is 8.10. The minimum absolute atomic E-state index is 0.298. The van der Waals surface area contributed by atoms with Crippen molar-refractivity contribution >= 4 is 46.3 Å². The molecule has 2 aliphatic rings. The van der Waals surface area contributed by atoms with Gasteiger partial charge in [-0.25, -0.2) is 8.78 Å². The van der Waals surface area contributed by atoms with Crippen LogP contribution >= 0.6 is 0 Å². The van der Waals surface area contributed by atoms with Gasteiger partial charge in [-0.2, -0.15) is 0 Å². The van der Waals surface area contributed by atoms with Crippen LogP contribution in [-0.2, 0) is 10.8 Å². The normalized spacial score (nSPS) is 15.4. The molecule has 4 heteroatoms. The lowest BCUT2D eigenvalue weighted by molar-refractivity contribution is 0.627. The molecule has 14 rings (SSSR count). The standard InChI is InChI=1S/C78H54F2N2/c1-3-53-23-31-59(32-24-53)77(57-15-7-5-8-16-57)73-21-13-11-19-69(73)71-49-47-67(51-75(71)77)81(65-43-35-61(79)36-44-65)63-39-27-55(28-40-63)56-29-41-64(42-30-56)82(66-45-37-62(80)38-46-66)68-48-50-72-70-20-12-14-22-74(70)78(76(72)52-68,58-17-9-6-10-18-58)60-33-25-54(4-2)26-34-60/h3-52H,1-2H2. The number of nitrogens with zero attached hydrogens (tertiary/aromatic N) is 2. The monoisotopic (exact) mass is 1060 g/mol. The molecule has 2 atom stereocenters. The van der Waals surface area contributed by atoms with Gasteiger partial charge in [0.15, 0.2) is 0 Å². The van der Waals surface area contributed by atoms with E-state index in [-0.39, 0.29) is 11.6 Å². The molecule has 2 aliphatic carbocycles. The Kier molecular flexibility index (Phi) is 12.4. The molecule has 12 aromatic carbocycles. The number of fused-ring (bicyclic) bond motifs is 6. The zero-order valence-electron chi connectivity index (χ0n) is 44.9. The van der Waals surface area contributed by atoms with Gasteiger partial charge in [0.1, 0.15) is 11.6 Å². The summed E-state index contributed by atoms with van der Waals surface area (Å²) in [5, 5.41) is 0. The molecule has 390 valence electrons. The van der Waals surface area contributed by atoms with Crippen molar-refractivity contribution in [3.8, 4) is 33.4 Å². The first-order chi connectivity index (χ1) is 40.4. The molecule has 0 bridgehead atoms. The number of rotatable bonds is 13. The molecular formula is C78H54F2N2. The number of hydrogen-bond donors (Lipinski definition) is 0. The van der Waals surface area contributed by atoms with Crippen LogP contribution in [0.1, 0.15) is 55.6 Å². The molecule has 0 fully saturated rings. The van der Waals surface area contributed by atoms with E-state index in [0.29, 0.717) is 0 Å². The van der Waals surface area contributed by atoms with Gasteiger partial charge in [-0.05, 0) is 186 Å². The van der Waals surface area contributed by atoms with E-state index in [0.717, 1.165) is 67.5 Å². The Morgan fingerprint density at radius 1 is 0.268 bits per heavy atom. The van der Waals surface area contributed by atoms with Crippen LogP contribution in [0.15, 0.2) is 304 Å². The zero-order chi connectivity index (χ0) is 55.4. The van der Waals surface area contributed by atoms with Crippen LogP contribution < -0.4 is 9.80 Å².